The highest BCUT2D eigenvalue weighted by Crippen LogP contribution is 2.29. The van der Waals surface area contributed by atoms with Gasteiger partial charge in [0.25, 0.3) is 0 Å². The Kier molecular flexibility index (Phi) is 5.08. The maximum atomic E-state index is 11.8. The Morgan fingerprint density at radius 1 is 1.56 bits per heavy atom. The average Bonchev–Trinajstić information content (AvgIpc) is 2.60. The summed E-state index contributed by atoms with van der Waals surface area (Å²) in [4.78, 5) is 24.3. The van der Waals surface area contributed by atoms with Crippen molar-refractivity contribution >= 4 is 23.6 Å². The van der Waals surface area contributed by atoms with Gasteiger partial charge in [0, 0.05) is 25.9 Å². The van der Waals surface area contributed by atoms with Crippen LogP contribution in [0.4, 0.5) is 0 Å². The van der Waals surface area contributed by atoms with Crippen molar-refractivity contribution in [1.82, 2.24) is 4.90 Å². The third-order valence-corrected chi connectivity index (χ3v) is 3.75. The van der Waals surface area contributed by atoms with E-state index in [-0.39, 0.29) is 11.3 Å². The molecule has 0 aromatic heterocycles. The van der Waals surface area contributed by atoms with Crippen LogP contribution >= 0.6 is 11.8 Å². The van der Waals surface area contributed by atoms with Crippen LogP contribution in [0.3, 0.4) is 0 Å². The maximum Gasteiger partial charge on any atom is 0.327 e. The van der Waals surface area contributed by atoms with Crippen molar-refractivity contribution in [1.29, 1.82) is 0 Å². The van der Waals surface area contributed by atoms with Gasteiger partial charge in [0.1, 0.15) is 6.04 Å². The van der Waals surface area contributed by atoms with E-state index in [4.69, 9.17) is 9.84 Å². The quantitative estimate of drug-likeness (QED) is 0.727. The topological polar surface area (TPSA) is 66.8 Å². The van der Waals surface area contributed by atoms with Gasteiger partial charge < -0.3 is 14.7 Å². The number of rotatable bonds is 5. The third-order valence-electron chi connectivity index (χ3n) is 2.53. The molecule has 1 fully saturated rings. The fourth-order valence-corrected chi connectivity index (χ4v) is 2.90. The normalized spacial score (nSPS) is 24.8. The molecule has 0 bridgehead atoms. The molecule has 1 heterocycles. The van der Waals surface area contributed by atoms with E-state index in [1.165, 1.54) is 16.7 Å². The number of hydrogen-bond acceptors (Lipinski definition) is 4. The van der Waals surface area contributed by atoms with Crippen molar-refractivity contribution in [3.63, 3.8) is 0 Å². The lowest BCUT2D eigenvalue weighted by atomic mass is 10.2. The van der Waals surface area contributed by atoms with Gasteiger partial charge >= 0.3 is 5.97 Å². The average molecular weight is 247 g/mol. The second-order valence-corrected chi connectivity index (χ2v) is 5.03. The summed E-state index contributed by atoms with van der Waals surface area (Å²) in [6, 6.07) is -0.671. The molecule has 2 atom stereocenters. The molecule has 5 nitrogen and oxygen atoms in total. The first-order valence-corrected chi connectivity index (χ1v) is 6.27. The zero-order valence-electron chi connectivity index (χ0n) is 9.51. The number of amides is 1. The summed E-state index contributed by atoms with van der Waals surface area (Å²) in [7, 11) is 1.58. The minimum Gasteiger partial charge on any atom is -0.480 e. The molecular weight excluding hydrogens is 230 g/mol. The number of carbonyl (C=O) groups is 2. The first-order valence-electron chi connectivity index (χ1n) is 5.22. The monoisotopic (exact) mass is 247 g/mol. The zero-order chi connectivity index (χ0) is 12.1. The van der Waals surface area contributed by atoms with Gasteiger partial charge in [0.05, 0.1) is 5.37 Å². The Labute approximate surface area is 99.1 Å². The zero-order valence-corrected chi connectivity index (χ0v) is 10.3. The first-order chi connectivity index (χ1) is 7.57. The lowest BCUT2D eigenvalue weighted by Gasteiger charge is -2.24. The number of nitrogens with zero attached hydrogens (tertiary/aromatic N) is 1. The minimum absolute atomic E-state index is 0.0452. The van der Waals surface area contributed by atoms with Crippen LogP contribution in [0.1, 0.15) is 19.8 Å². The molecule has 2 unspecified atom stereocenters. The summed E-state index contributed by atoms with van der Waals surface area (Å²) in [5, 5.41) is 8.94. The molecule has 0 aromatic carbocycles. The lowest BCUT2D eigenvalue weighted by molar-refractivity contribution is -0.149. The van der Waals surface area contributed by atoms with E-state index < -0.39 is 12.0 Å². The van der Waals surface area contributed by atoms with E-state index in [1.807, 2.05) is 6.92 Å². The summed E-state index contributed by atoms with van der Waals surface area (Å²) in [6.07, 6.45) is 0.984. The van der Waals surface area contributed by atoms with E-state index in [2.05, 4.69) is 0 Å². The van der Waals surface area contributed by atoms with Gasteiger partial charge in [-0.15, -0.1) is 11.8 Å². The van der Waals surface area contributed by atoms with Gasteiger partial charge in [-0.25, -0.2) is 4.79 Å². The number of aliphatic carboxylic acids is 1. The Bertz CT molecular complexity index is 272. The summed E-state index contributed by atoms with van der Waals surface area (Å²) < 4.78 is 4.86. The smallest absolute Gasteiger partial charge is 0.327 e. The predicted octanol–water partition coefficient (Wildman–Crippen LogP) is 0.788. The number of hydrogen-bond donors (Lipinski definition) is 1. The highest BCUT2D eigenvalue weighted by atomic mass is 32.2. The molecular formula is C10H17NO4S. The van der Waals surface area contributed by atoms with Gasteiger partial charge in [-0.3, -0.25) is 4.79 Å². The van der Waals surface area contributed by atoms with E-state index in [0.29, 0.717) is 25.2 Å². The maximum absolute atomic E-state index is 11.8. The van der Waals surface area contributed by atoms with E-state index >= 15 is 0 Å². The molecule has 0 aliphatic carbocycles. The SMILES string of the molecule is COCCCC(=O)N1C(C)SCC1C(=O)O. The molecule has 1 N–H and O–H groups in total. The number of carboxylic acids is 1. The highest BCUT2D eigenvalue weighted by Gasteiger charge is 2.38. The molecule has 1 aliphatic rings. The van der Waals surface area contributed by atoms with Gasteiger partial charge in [0.15, 0.2) is 0 Å². The predicted molar refractivity (Wildman–Crippen MR) is 61.3 cm³/mol. The minimum atomic E-state index is -0.919. The van der Waals surface area contributed by atoms with Crippen molar-refractivity contribution < 1.29 is 19.4 Å². The molecule has 92 valence electrons. The van der Waals surface area contributed by atoms with Crippen LogP contribution < -0.4 is 0 Å². The standard InChI is InChI=1S/C10H17NO4S/c1-7-11(8(6-16-7)10(13)14)9(12)4-3-5-15-2/h7-8H,3-6H2,1-2H3,(H,13,14). The fourth-order valence-electron chi connectivity index (χ4n) is 1.71. The Morgan fingerprint density at radius 3 is 2.81 bits per heavy atom. The number of thioether (sulfide) groups is 1. The first kappa shape index (κ1) is 13.3. The number of ether oxygens (including phenoxy) is 1. The number of carbonyl (C=O) groups excluding carboxylic acids is 1. The summed E-state index contributed by atoms with van der Waals surface area (Å²) in [5.41, 5.74) is 0. The number of carboxylic acid groups (broad SMARTS) is 1. The molecule has 6 heteroatoms. The van der Waals surface area contributed by atoms with Crippen LogP contribution in [-0.4, -0.2) is 52.8 Å². The van der Waals surface area contributed by atoms with E-state index in [0.717, 1.165) is 0 Å². The van der Waals surface area contributed by atoms with Crippen LogP contribution in [0.5, 0.6) is 0 Å². The van der Waals surface area contributed by atoms with E-state index in [9.17, 15) is 9.59 Å². The van der Waals surface area contributed by atoms with Crippen LogP contribution in [0.15, 0.2) is 0 Å². The molecule has 0 saturated carbocycles. The molecule has 0 spiro atoms. The molecule has 16 heavy (non-hydrogen) atoms. The summed E-state index contributed by atoms with van der Waals surface area (Å²) in [5.74, 6) is -0.536. The highest BCUT2D eigenvalue weighted by molar-refractivity contribution is 8.00. The van der Waals surface area contributed by atoms with Crippen LogP contribution in [-0.2, 0) is 14.3 Å². The van der Waals surface area contributed by atoms with Crippen LogP contribution in [0.2, 0.25) is 0 Å². The second kappa shape index (κ2) is 6.10. The largest absolute Gasteiger partial charge is 0.480 e. The van der Waals surface area contributed by atoms with Gasteiger partial charge in [0.2, 0.25) is 5.91 Å². The van der Waals surface area contributed by atoms with Crippen LogP contribution in [0, 0.1) is 0 Å². The van der Waals surface area contributed by atoms with E-state index in [1.54, 1.807) is 7.11 Å². The van der Waals surface area contributed by atoms with Crippen molar-refractivity contribution in [2.24, 2.45) is 0 Å². The lowest BCUT2D eigenvalue weighted by Crippen LogP contribution is -2.44. The summed E-state index contributed by atoms with van der Waals surface area (Å²) in [6.45, 7) is 2.39. The molecule has 0 radical (unpaired) electrons. The van der Waals surface area contributed by atoms with Crippen molar-refractivity contribution in [3.05, 3.63) is 0 Å². The Hall–Kier alpha value is -0.750. The molecule has 1 aliphatic heterocycles. The Balaban J connectivity index is 2.54. The molecule has 0 aromatic rings. The van der Waals surface area contributed by atoms with Crippen molar-refractivity contribution in [2.75, 3.05) is 19.5 Å². The third kappa shape index (κ3) is 3.12. The number of methoxy groups -OCH3 is 1. The van der Waals surface area contributed by atoms with Crippen molar-refractivity contribution in [2.45, 2.75) is 31.2 Å². The molecule has 1 saturated heterocycles. The Morgan fingerprint density at radius 2 is 2.25 bits per heavy atom. The van der Waals surface area contributed by atoms with Gasteiger partial charge in [-0.05, 0) is 13.3 Å². The fraction of sp³-hybridized carbons (Fsp3) is 0.800. The second-order valence-electron chi connectivity index (χ2n) is 3.68. The van der Waals surface area contributed by atoms with Crippen LogP contribution in [0.25, 0.3) is 0 Å². The molecule has 1 amide bonds. The van der Waals surface area contributed by atoms with Crippen molar-refractivity contribution in [3.8, 4) is 0 Å². The van der Waals surface area contributed by atoms with Gasteiger partial charge in [-0.1, -0.05) is 0 Å². The van der Waals surface area contributed by atoms with Gasteiger partial charge in [-0.2, -0.15) is 0 Å². The molecule has 1 rings (SSSR count). The summed E-state index contributed by atoms with van der Waals surface area (Å²) >= 11 is 1.50.